The van der Waals surface area contributed by atoms with Gasteiger partial charge in [0.2, 0.25) is 0 Å². The number of hydrogen-bond acceptors (Lipinski definition) is 6. The summed E-state index contributed by atoms with van der Waals surface area (Å²) in [6.45, 7) is 2.63. The van der Waals surface area contributed by atoms with Gasteiger partial charge in [-0.1, -0.05) is 12.1 Å². The van der Waals surface area contributed by atoms with E-state index in [0.717, 1.165) is 30.7 Å². The summed E-state index contributed by atoms with van der Waals surface area (Å²) in [7, 11) is 0. The first-order valence-electron chi connectivity index (χ1n) is 8.37. The van der Waals surface area contributed by atoms with Crippen molar-refractivity contribution >= 4 is 5.91 Å². The normalized spacial score (nSPS) is 13.8. The Balaban J connectivity index is 1.49. The maximum atomic E-state index is 11.9. The molecule has 8 nitrogen and oxygen atoms in total. The van der Waals surface area contributed by atoms with E-state index in [-0.39, 0.29) is 5.91 Å². The first kappa shape index (κ1) is 15.5. The summed E-state index contributed by atoms with van der Waals surface area (Å²) in [5, 5.41) is 6.81. The molecule has 3 heterocycles. The van der Waals surface area contributed by atoms with Gasteiger partial charge in [-0.25, -0.2) is 9.97 Å². The Kier molecular flexibility index (Phi) is 4.01. The molecule has 0 unspecified atom stereocenters. The first-order valence-corrected chi connectivity index (χ1v) is 8.37. The van der Waals surface area contributed by atoms with Crippen LogP contribution in [-0.2, 0) is 0 Å². The standard InChI is InChI=1S/C17H18N6O2/c1-2-7-18-16(24)13-9-23(10-20-13)14-6-5-12(8-19-14)17-21-15(22-25-17)11-3-4-11/h5-6,8-11H,2-4,7H2,1H3,(H,18,24). The molecule has 3 aromatic heterocycles. The summed E-state index contributed by atoms with van der Waals surface area (Å²) in [4.78, 5) is 24.8. The molecular formula is C17H18N6O2. The number of carbonyl (C=O) groups is 1. The predicted molar refractivity (Wildman–Crippen MR) is 89.3 cm³/mol. The minimum absolute atomic E-state index is 0.185. The number of amides is 1. The third-order valence-corrected chi connectivity index (χ3v) is 3.99. The van der Waals surface area contributed by atoms with Crippen molar-refractivity contribution in [3.63, 3.8) is 0 Å². The molecule has 8 heteroatoms. The Morgan fingerprint density at radius 2 is 2.24 bits per heavy atom. The van der Waals surface area contributed by atoms with Crippen molar-refractivity contribution in [1.82, 2.24) is 30.0 Å². The van der Waals surface area contributed by atoms with Crippen molar-refractivity contribution < 1.29 is 9.32 Å². The van der Waals surface area contributed by atoms with Gasteiger partial charge in [0.25, 0.3) is 11.8 Å². The van der Waals surface area contributed by atoms with E-state index in [1.807, 2.05) is 19.1 Å². The van der Waals surface area contributed by atoms with E-state index in [9.17, 15) is 4.79 Å². The Hall–Kier alpha value is -3.03. The van der Waals surface area contributed by atoms with E-state index in [2.05, 4.69) is 25.4 Å². The van der Waals surface area contributed by atoms with Gasteiger partial charge in [0.1, 0.15) is 17.8 Å². The first-order chi connectivity index (χ1) is 12.2. The quantitative estimate of drug-likeness (QED) is 0.740. The SMILES string of the molecule is CCCNC(=O)c1cn(-c2ccc(-c3nc(C4CC4)no3)cn2)cn1. The highest BCUT2D eigenvalue weighted by atomic mass is 16.5. The van der Waals surface area contributed by atoms with Crippen LogP contribution in [0.1, 0.15) is 48.4 Å². The fourth-order valence-electron chi connectivity index (χ4n) is 2.42. The summed E-state index contributed by atoms with van der Waals surface area (Å²) >= 11 is 0. The number of aromatic nitrogens is 5. The van der Waals surface area contributed by atoms with Gasteiger partial charge < -0.3 is 9.84 Å². The number of carbonyl (C=O) groups excluding carboxylic acids is 1. The molecule has 128 valence electrons. The van der Waals surface area contributed by atoms with Gasteiger partial charge in [0.15, 0.2) is 5.82 Å². The zero-order chi connectivity index (χ0) is 17.2. The maximum absolute atomic E-state index is 11.9. The Morgan fingerprint density at radius 3 is 2.96 bits per heavy atom. The van der Waals surface area contributed by atoms with Gasteiger partial charge in [-0.05, 0) is 31.4 Å². The molecule has 25 heavy (non-hydrogen) atoms. The van der Waals surface area contributed by atoms with Crippen LogP contribution in [0.3, 0.4) is 0 Å². The van der Waals surface area contributed by atoms with Crippen LogP contribution in [0.15, 0.2) is 35.4 Å². The minimum Gasteiger partial charge on any atom is -0.351 e. The van der Waals surface area contributed by atoms with Gasteiger partial charge in [-0.15, -0.1) is 0 Å². The number of hydrogen-bond donors (Lipinski definition) is 1. The molecule has 0 aliphatic heterocycles. The lowest BCUT2D eigenvalue weighted by Gasteiger charge is -2.01. The van der Waals surface area contributed by atoms with Gasteiger partial charge in [-0.3, -0.25) is 9.36 Å². The monoisotopic (exact) mass is 338 g/mol. The topological polar surface area (TPSA) is 98.7 Å². The molecule has 1 aliphatic rings. The van der Waals surface area contributed by atoms with Crippen molar-refractivity contribution in [2.24, 2.45) is 0 Å². The van der Waals surface area contributed by atoms with E-state index in [1.165, 1.54) is 0 Å². The number of nitrogens with zero attached hydrogens (tertiary/aromatic N) is 5. The molecule has 0 aromatic carbocycles. The molecule has 1 aliphatic carbocycles. The predicted octanol–water partition coefficient (Wildman–Crippen LogP) is 2.33. The number of pyridine rings is 1. The van der Waals surface area contributed by atoms with Gasteiger partial charge >= 0.3 is 0 Å². The lowest BCUT2D eigenvalue weighted by molar-refractivity contribution is 0.0949. The van der Waals surface area contributed by atoms with E-state index in [1.54, 1.807) is 23.3 Å². The lowest BCUT2D eigenvalue weighted by atomic mass is 10.3. The number of imidazole rings is 1. The average molecular weight is 338 g/mol. The van der Waals surface area contributed by atoms with Crippen molar-refractivity contribution in [3.8, 4) is 17.3 Å². The van der Waals surface area contributed by atoms with Crippen molar-refractivity contribution in [3.05, 3.63) is 42.4 Å². The molecule has 0 spiro atoms. The van der Waals surface area contributed by atoms with E-state index < -0.39 is 0 Å². The molecule has 0 atom stereocenters. The van der Waals surface area contributed by atoms with E-state index in [0.29, 0.717) is 29.9 Å². The molecule has 0 radical (unpaired) electrons. The second-order valence-corrected chi connectivity index (χ2v) is 6.06. The van der Waals surface area contributed by atoms with E-state index >= 15 is 0 Å². The molecule has 1 N–H and O–H groups in total. The van der Waals surface area contributed by atoms with Crippen LogP contribution in [0.5, 0.6) is 0 Å². The second-order valence-electron chi connectivity index (χ2n) is 6.06. The summed E-state index contributed by atoms with van der Waals surface area (Å²) in [5.41, 5.74) is 1.13. The molecule has 0 saturated heterocycles. The molecule has 1 amide bonds. The summed E-state index contributed by atoms with van der Waals surface area (Å²) in [6.07, 6.45) is 8.05. The Morgan fingerprint density at radius 1 is 1.36 bits per heavy atom. The van der Waals surface area contributed by atoms with Crippen molar-refractivity contribution in [1.29, 1.82) is 0 Å². The summed E-state index contributed by atoms with van der Waals surface area (Å²) in [5.74, 6) is 2.18. The Bertz CT molecular complexity index is 879. The number of rotatable bonds is 6. The second kappa shape index (κ2) is 6.46. The van der Waals surface area contributed by atoms with Crippen LogP contribution in [0, 0.1) is 0 Å². The van der Waals surface area contributed by atoms with Crippen molar-refractivity contribution in [2.75, 3.05) is 6.54 Å². The summed E-state index contributed by atoms with van der Waals surface area (Å²) < 4.78 is 7.00. The molecular weight excluding hydrogens is 320 g/mol. The maximum Gasteiger partial charge on any atom is 0.271 e. The molecule has 1 saturated carbocycles. The molecule has 3 aromatic rings. The fourth-order valence-corrected chi connectivity index (χ4v) is 2.42. The largest absolute Gasteiger partial charge is 0.351 e. The van der Waals surface area contributed by atoms with Crippen LogP contribution in [0.25, 0.3) is 17.3 Å². The van der Waals surface area contributed by atoms with Crippen LogP contribution in [-0.4, -0.2) is 37.1 Å². The van der Waals surface area contributed by atoms with Gasteiger partial charge in [0, 0.05) is 24.9 Å². The van der Waals surface area contributed by atoms with E-state index in [4.69, 9.17) is 4.52 Å². The van der Waals surface area contributed by atoms with Crippen LogP contribution < -0.4 is 5.32 Å². The third-order valence-electron chi connectivity index (χ3n) is 3.99. The Labute approximate surface area is 144 Å². The smallest absolute Gasteiger partial charge is 0.271 e. The van der Waals surface area contributed by atoms with Crippen LogP contribution in [0.4, 0.5) is 0 Å². The average Bonchev–Trinajstić information content (AvgIpc) is 3.18. The van der Waals surface area contributed by atoms with Gasteiger partial charge in [0.05, 0.1) is 5.56 Å². The van der Waals surface area contributed by atoms with Crippen LogP contribution >= 0.6 is 0 Å². The summed E-state index contributed by atoms with van der Waals surface area (Å²) in [6, 6.07) is 3.69. The highest BCUT2D eigenvalue weighted by Crippen LogP contribution is 2.38. The zero-order valence-corrected chi connectivity index (χ0v) is 13.8. The highest BCUT2D eigenvalue weighted by molar-refractivity contribution is 5.92. The van der Waals surface area contributed by atoms with Crippen molar-refractivity contribution in [2.45, 2.75) is 32.1 Å². The zero-order valence-electron chi connectivity index (χ0n) is 13.8. The fraction of sp³-hybridized carbons (Fsp3) is 0.353. The lowest BCUT2D eigenvalue weighted by Crippen LogP contribution is -2.24. The van der Waals surface area contributed by atoms with Crippen LogP contribution in [0.2, 0.25) is 0 Å². The third kappa shape index (κ3) is 3.28. The van der Waals surface area contributed by atoms with Gasteiger partial charge in [-0.2, -0.15) is 4.98 Å². The molecule has 4 rings (SSSR count). The molecule has 1 fully saturated rings. The highest BCUT2D eigenvalue weighted by Gasteiger charge is 2.29. The number of nitrogens with one attached hydrogen (secondary N) is 1. The minimum atomic E-state index is -0.185. The molecule has 0 bridgehead atoms.